The van der Waals surface area contributed by atoms with Crippen molar-refractivity contribution in [2.45, 2.75) is 44.2 Å². The molecule has 0 spiro atoms. The monoisotopic (exact) mass is 282 g/mol. The molecule has 2 unspecified atom stereocenters. The number of nitrogens with zero attached hydrogens (tertiary/aromatic N) is 1. The minimum absolute atomic E-state index is 0.0143. The van der Waals surface area contributed by atoms with Crippen LogP contribution in [0.3, 0.4) is 0 Å². The van der Waals surface area contributed by atoms with Gasteiger partial charge in [-0.25, -0.2) is 8.42 Å². The molecule has 1 aromatic carbocycles. The molecule has 106 valence electrons. The van der Waals surface area contributed by atoms with Crippen LogP contribution in [0.4, 0.5) is 0 Å². The van der Waals surface area contributed by atoms with Crippen molar-refractivity contribution in [2.75, 3.05) is 13.1 Å². The number of benzene rings is 1. The number of sulfonamides is 1. The first-order valence-corrected chi connectivity index (χ1v) is 8.24. The lowest BCUT2D eigenvalue weighted by molar-refractivity contribution is 0.220. The first kappa shape index (κ1) is 14.5. The zero-order chi connectivity index (χ0) is 14.0. The Morgan fingerprint density at radius 3 is 2.16 bits per heavy atom. The lowest BCUT2D eigenvalue weighted by Gasteiger charge is -2.38. The molecular formula is C14H22N2O2S. The van der Waals surface area contributed by atoms with E-state index in [0.717, 1.165) is 12.0 Å². The maximum absolute atomic E-state index is 12.7. The van der Waals surface area contributed by atoms with E-state index in [4.69, 9.17) is 0 Å². The van der Waals surface area contributed by atoms with Gasteiger partial charge in [-0.15, -0.1) is 0 Å². The summed E-state index contributed by atoms with van der Waals surface area (Å²) in [7, 11) is -3.39. The van der Waals surface area contributed by atoms with Gasteiger partial charge in [0.1, 0.15) is 0 Å². The number of aryl methyl sites for hydroxylation is 1. The van der Waals surface area contributed by atoms with Crippen molar-refractivity contribution in [3.05, 3.63) is 29.8 Å². The minimum Gasteiger partial charge on any atom is -0.314 e. The lowest BCUT2D eigenvalue weighted by atomic mass is 10.2. The first-order chi connectivity index (χ1) is 8.96. The van der Waals surface area contributed by atoms with Crippen molar-refractivity contribution in [3.63, 3.8) is 0 Å². The van der Waals surface area contributed by atoms with E-state index in [9.17, 15) is 8.42 Å². The molecule has 0 aromatic heterocycles. The second kappa shape index (κ2) is 5.61. The third-order valence-electron chi connectivity index (χ3n) is 3.66. The fourth-order valence-electron chi connectivity index (χ4n) is 2.61. The van der Waals surface area contributed by atoms with Gasteiger partial charge in [0.05, 0.1) is 4.90 Å². The van der Waals surface area contributed by atoms with Crippen LogP contribution >= 0.6 is 0 Å². The average Bonchev–Trinajstić information content (AvgIpc) is 2.38. The number of hydrogen-bond donors (Lipinski definition) is 1. The van der Waals surface area contributed by atoms with Crippen molar-refractivity contribution in [3.8, 4) is 0 Å². The highest BCUT2D eigenvalue weighted by molar-refractivity contribution is 7.89. The predicted molar refractivity (Wildman–Crippen MR) is 76.6 cm³/mol. The zero-order valence-electron chi connectivity index (χ0n) is 11.8. The maximum Gasteiger partial charge on any atom is 0.243 e. The van der Waals surface area contributed by atoms with Crippen molar-refractivity contribution in [2.24, 2.45) is 0 Å². The molecule has 0 bridgehead atoms. The Labute approximate surface area is 115 Å². The lowest BCUT2D eigenvalue weighted by Crippen LogP contribution is -2.57. The normalized spacial score (nSPS) is 25.4. The molecular weight excluding hydrogens is 260 g/mol. The molecule has 1 N–H and O–H groups in total. The Hall–Kier alpha value is -0.910. The molecule has 19 heavy (non-hydrogen) atoms. The third-order valence-corrected chi connectivity index (χ3v) is 5.80. The summed E-state index contributed by atoms with van der Waals surface area (Å²) in [5, 5.41) is 3.25. The van der Waals surface area contributed by atoms with Crippen LogP contribution in [0.15, 0.2) is 29.2 Å². The molecule has 0 aliphatic carbocycles. The number of piperazine rings is 1. The van der Waals surface area contributed by atoms with Gasteiger partial charge in [-0.3, -0.25) is 0 Å². The molecule has 5 heteroatoms. The summed E-state index contributed by atoms with van der Waals surface area (Å²) in [6, 6.07) is 7.19. The van der Waals surface area contributed by atoms with Gasteiger partial charge in [0.2, 0.25) is 10.0 Å². The molecule has 1 saturated heterocycles. The third kappa shape index (κ3) is 2.83. The molecule has 2 atom stereocenters. The van der Waals surface area contributed by atoms with E-state index in [1.54, 1.807) is 16.4 Å². The van der Waals surface area contributed by atoms with Crippen molar-refractivity contribution >= 4 is 10.0 Å². The summed E-state index contributed by atoms with van der Waals surface area (Å²) >= 11 is 0. The van der Waals surface area contributed by atoms with Gasteiger partial charge in [0.15, 0.2) is 0 Å². The molecule has 0 saturated carbocycles. The van der Waals surface area contributed by atoms with E-state index in [-0.39, 0.29) is 12.1 Å². The first-order valence-electron chi connectivity index (χ1n) is 6.80. The molecule has 1 heterocycles. The van der Waals surface area contributed by atoms with Gasteiger partial charge in [-0.2, -0.15) is 4.31 Å². The van der Waals surface area contributed by atoms with Crippen LogP contribution in [0.5, 0.6) is 0 Å². The fourth-order valence-corrected chi connectivity index (χ4v) is 4.43. The number of rotatable bonds is 3. The van der Waals surface area contributed by atoms with Gasteiger partial charge in [-0.05, 0) is 38.0 Å². The van der Waals surface area contributed by atoms with E-state index in [1.807, 2.05) is 26.0 Å². The van der Waals surface area contributed by atoms with Crippen molar-refractivity contribution < 1.29 is 8.42 Å². The summed E-state index contributed by atoms with van der Waals surface area (Å²) in [5.41, 5.74) is 1.15. The fraction of sp³-hybridized carbons (Fsp3) is 0.571. The summed E-state index contributed by atoms with van der Waals surface area (Å²) in [5.74, 6) is 0. The van der Waals surface area contributed by atoms with Crippen LogP contribution in [0.25, 0.3) is 0 Å². The molecule has 4 nitrogen and oxygen atoms in total. The highest BCUT2D eigenvalue weighted by atomic mass is 32.2. The van der Waals surface area contributed by atoms with Crippen molar-refractivity contribution in [1.29, 1.82) is 0 Å². The Morgan fingerprint density at radius 1 is 1.16 bits per heavy atom. The van der Waals surface area contributed by atoms with E-state index < -0.39 is 10.0 Å². The van der Waals surface area contributed by atoms with E-state index in [2.05, 4.69) is 12.2 Å². The second-order valence-corrected chi connectivity index (χ2v) is 7.03. The van der Waals surface area contributed by atoms with Crippen LogP contribution in [0.2, 0.25) is 0 Å². The van der Waals surface area contributed by atoms with Crippen LogP contribution in [0.1, 0.15) is 26.3 Å². The average molecular weight is 282 g/mol. The van der Waals surface area contributed by atoms with Crippen molar-refractivity contribution in [1.82, 2.24) is 9.62 Å². The molecule has 2 rings (SSSR count). The predicted octanol–water partition coefficient (Wildman–Crippen LogP) is 1.62. The Kier molecular flexibility index (Phi) is 4.28. The summed E-state index contributed by atoms with van der Waals surface area (Å²) in [6.07, 6.45) is 0.917. The van der Waals surface area contributed by atoms with Crippen LogP contribution in [-0.4, -0.2) is 37.9 Å². The van der Waals surface area contributed by atoms with Gasteiger partial charge in [-0.1, -0.05) is 19.1 Å². The summed E-state index contributed by atoms with van der Waals surface area (Å²) in [6.45, 7) is 7.36. The molecule has 1 aliphatic heterocycles. The number of nitrogens with one attached hydrogen (secondary N) is 1. The quantitative estimate of drug-likeness (QED) is 0.916. The Morgan fingerprint density at radius 2 is 1.68 bits per heavy atom. The van der Waals surface area contributed by atoms with E-state index in [1.165, 1.54) is 0 Å². The smallest absolute Gasteiger partial charge is 0.243 e. The molecule has 0 radical (unpaired) electrons. The van der Waals surface area contributed by atoms with E-state index in [0.29, 0.717) is 18.0 Å². The summed E-state index contributed by atoms with van der Waals surface area (Å²) < 4.78 is 27.0. The topological polar surface area (TPSA) is 49.4 Å². The van der Waals surface area contributed by atoms with E-state index >= 15 is 0 Å². The number of hydrogen-bond acceptors (Lipinski definition) is 3. The molecule has 1 aliphatic rings. The SMILES string of the molecule is CCc1ccc(S(=O)(=O)N2C(C)CNCC2C)cc1. The molecule has 0 amide bonds. The standard InChI is InChI=1S/C14H22N2O2S/c1-4-13-5-7-14(8-6-13)19(17,18)16-11(2)9-15-10-12(16)3/h5-8,11-12,15H,4,9-10H2,1-3H3. The van der Waals surface area contributed by atoms with Gasteiger partial charge in [0.25, 0.3) is 0 Å². The second-order valence-electron chi connectivity index (χ2n) is 5.19. The van der Waals surface area contributed by atoms with Crippen LogP contribution in [0, 0.1) is 0 Å². The van der Waals surface area contributed by atoms with Gasteiger partial charge in [0, 0.05) is 25.2 Å². The highest BCUT2D eigenvalue weighted by Crippen LogP contribution is 2.23. The molecule has 1 fully saturated rings. The Bertz CT molecular complexity index is 515. The Balaban J connectivity index is 2.34. The van der Waals surface area contributed by atoms with Gasteiger partial charge >= 0.3 is 0 Å². The van der Waals surface area contributed by atoms with Crippen LogP contribution < -0.4 is 5.32 Å². The van der Waals surface area contributed by atoms with Gasteiger partial charge < -0.3 is 5.32 Å². The zero-order valence-corrected chi connectivity index (χ0v) is 12.6. The minimum atomic E-state index is -3.39. The molecule has 1 aromatic rings. The van der Waals surface area contributed by atoms with Crippen LogP contribution in [-0.2, 0) is 16.4 Å². The maximum atomic E-state index is 12.7. The largest absolute Gasteiger partial charge is 0.314 e. The highest BCUT2D eigenvalue weighted by Gasteiger charge is 2.35. The summed E-state index contributed by atoms with van der Waals surface area (Å²) in [4.78, 5) is 0.394.